The molecule has 5 heterocycles. The average Bonchev–Trinajstić information content (AvgIpc) is 1.63. The van der Waals surface area contributed by atoms with Crippen LogP contribution >= 0.6 is 11.3 Å². The summed E-state index contributed by atoms with van der Waals surface area (Å²) in [5.41, 5.74) is 4.87. The minimum absolute atomic E-state index is 0.138. The molecular formula is C76H94F3N11O11S. The molecule has 2 aliphatic carbocycles. The summed E-state index contributed by atoms with van der Waals surface area (Å²) in [6.07, 6.45) is 5.65. The van der Waals surface area contributed by atoms with E-state index < -0.39 is 81.6 Å². The predicted molar refractivity (Wildman–Crippen MR) is 386 cm³/mol. The van der Waals surface area contributed by atoms with Crippen molar-refractivity contribution in [1.29, 1.82) is 0 Å². The number of amides is 6. The van der Waals surface area contributed by atoms with Crippen molar-refractivity contribution in [2.24, 2.45) is 33.0 Å². The van der Waals surface area contributed by atoms with Crippen molar-refractivity contribution in [3.8, 4) is 0 Å². The lowest BCUT2D eigenvalue weighted by Gasteiger charge is -2.39. The largest absolute Gasteiger partial charge is 0.393 e. The summed E-state index contributed by atoms with van der Waals surface area (Å²) in [7, 11) is 4.93. The number of anilines is 4. The van der Waals surface area contributed by atoms with E-state index in [-0.39, 0.29) is 46.4 Å². The molecule has 10 rings (SSSR count). The Labute approximate surface area is 596 Å². The molecule has 3 aliphatic rings. The van der Waals surface area contributed by atoms with Crippen molar-refractivity contribution < 1.29 is 66.5 Å². The number of aryl methyl sites for hydroxylation is 3. The van der Waals surface area contributed by atoms with E-state index in [0.29, 0.717) is 123 Å². The normalized spacial score (nSPS) is 20.0. The van der Waals surface area contributed by atoms with Gasteiger partial charge in [-0.1, -0.05) is 13.8 Å². The highest BCUT2D eigenvalue weighted by Gasteiger charge is 2.42. The molecule has 4 aromatic heterocycles. The molecule has 8 N–H and O–H groups in total. The van der Waals surface area contributed by atoms with Crippen LogP contribution in [0.4, 0.5) is 35.4 Å². The van der Waals surface area contributed by atoms with Gasteiger partial charge in [0.05, 0.1) is 46.0 Å². The molecule has 6 atom stereocenters. The van der Waals surface area contributed by atoms with Gasteiger partial charge in [-0.05, 0) is 234 Å². The Morgan fingerprint density at radius 3 is 1.06 bits per heavy atom. The van der Waals surface area contributed by atoms with E-state index in [9.17, 15) is 66.5 Å². The minimum atomic E-state index is -0.760. The Kier molecular flexibility index (Phi) is 24.1. The number of aliphatic hydroxyl groups is 2. The standard InChI is InChI=1S/C26H30FN5O3S.2C25H32FN3O4/c1-15-14-18(6-7-19(15)27)29-23(34)20-16(2)21(31(5)17(20)3)22(33)24(35)30-26(4)8-11-32(12-9-26)25-28-10-13-36-25;2*1-13-9-10-25(5,12-19(13)30)28-24(33)22(31)21-15(3)20(16(4)29(21)6)23(32)27-17-7-8-18(26)14(2)11-17/h6-7,10,13-14H,8-9,11-12H2,1-5H3,(H,29,34)(H,30,35);2*7-8,11,13,19,30H,9-10,12H2,1-6H3,(H,27,32)(H,28,33)/t;2*13-,19+,25?/m.10/s1. The molecule has 3 aromatic carbocycles. The number of Topliss-reactive ketones (excluding diaryl/α,β-unsaturated/α-hetero) is 3. The van der Waals surface area contributed by atoms with Crippen molar-refractivity contribution in [3.63, 3.8) is 0 Å². The molecule has 1 saturated heterocycles. The van der Waals surface area contributed by atoms with Crippen LogP contribution in [-0.2, 0) is 35.5 Å². The van der Waals surface area contributed by atoms with Gasteiger partial charge in [-0.15, -0.1) is 11.3 Å². The second kappa shape index (κ2) is 31.4. The van der Waals surface area contributed by atoms with E-state index in [0.717, 1.165) is 31.1 Å². The van der Waals surface area contributed by atoms with E-state index in [1.165, 1.54) is 48.5 Å². The smallest absolute Gasteiger partial charge is 0.294 e. The minimum Gasteiger partial charge on any atom is -0.393 e. The van der Waals surface area contributed by atoms with Crippen LogP contribution in [0.2, 0.25) is 0 Å². The maximum Gasteiger partial charge on any atom is 0.294 e. The zero-order valence-corrected chi connectivity index (χ0v) is 61.9. The number of rotatable bonds is 16. The van der Waals surface area contributed by atoms with Gasteiger partial charge in [0, 0.05) is 96.6 Å². The summed E-state index contributed by atoms with van der Waals surface area (Å²) in [5, 5.41) is 40.1. The van der Waals surface area contributed by atoms with Crippen molar-refractivity contribution >= 4 is 86.3 Å². The molecule has 26 heteroatoms. The van der Waals surface area contributed by atoms with Crippen molar-refractivity contribution in [2.75, 3.05) is 33.9 Å². The number of aliphatic hydroxyl groups excluding tert-OH is 2. The molecular weight excluding hydrogens is 1330 g/mol. The molecule has 0 radical (unpaired) electrons. The first kappa shape index (κ1) is 78.2. The number of carbonyl (C=O) groups is 9. The fourth-order valence-electron chi connectivity index (χ4n) is 13.9. The van der Waals surface area contributed by atoms with Gasteiger partial charge in [-0.25, -0.2) is 18.2 Å². The van der Waals surface area contributed by atoms with E-state index in [2.05, 4.69) is 41.8 Å². The number of piperidine rings is 1. The molecule has 7 aromatic rings. The number of nitrogens with one attached hydrogen (secondary N) is 6. The number of nitrogens with zero attached hydrogens (tertiary/aromatic N) is 5. The SMILES string of the molecule is Cc1cc(NC(=O)c2c(C)c(C(=O)C(=O)NC3(C)CCN(c4nccs4)CC3)n(C)c2C)ccc1F.Cc1cc(NC(=O)c2c(C)c(C(=O)C(=O)NC3(C)CC[C@@H](C)[C@@H](O)C3)n(C)c2C)ccc1F.Cc1cc(NC(=O)c2c(C)c(C(=O)C(=O)NC3(C)CC[C@H](C)[C@H](O)C3)n(C)c2C)ccc1F. The van der Waals surface area contributed by atoms with Gasteiger partial charge in [0.15, 0.2) is 5.13 Å². The maximum absolute atomic E-state index is 13.6. The van der Waals surface area contributed by atoms with E-state index in [1.54, 1.807) is 121 Å². The lowest BCUT2D eigenvalue weighted by atomic mass is 9.76. The van der Waals surface area contributed by atoms with Gasteiger partial charge >= 0.3 is 0 Å². The highest BCUT2D eigenvalue weighted by Crippen LogP contribution is 2.36. The van der Waals surface area contributed by atoms with Gasteiger partial charge in [-0.2, -0.15) is 0 Å². The lowest BCUT2D eigenvalue weighted by molar-refractivity contribution is -0.120. The third-order valence-electron chi connectivity index (χ3n) is 20.7. The number of hydrogen-bond donors (Lipinski definition) is 8. The van der Waals surface area contributed by atoms with E-state index in [4.69, 9.17) is 0 Å². The van der Waals surface area contributed by atoms with Gasteiger partial charge in [-0.3, -0.25) is 43.2 Å². The highest BCUT2D eigenvalue weighted by atomic mass is 32.1. The summed E-state index contributed by atoms with van der Waals surface area (Å²) in [6, 6.07) is 12.9. The van der Waals surface area contributed by atoms with Gasteiger partial charge in [0.2, 0.25) is 0 Å². The highest BCUT2D eigenvalue weighted by molar-refractivity contribution is 7.13. The van der Waals surface area contributed by atoms with E-state index >= 15 is 0 Å². The van der Waals surface area contributed by atoms with Gasteiger partial charge in [0.25, 0.3) is 52.8 Å². The van der Waals surface area contributed by atoms with Crippen LogP contribution in [0.1, 0.15) is 199 Å². The fourth-order valence-corrected chi connectivity index (χ4v) is 14.6. The molecule has 0 spiro atoms. The summed E-state index contributed by atoms with van der Waals surface area (Å²) >= 11 is 1.58. The molecule has 3 fully saturated rings. The molecule has 6 amide bonds. The Balaban J connectivity index is 0.000000194. The molecule has 546 valence electrons. The molecule has 22 nitrogen and oxygen atoms in total. The van der Waals surface area contributed by atoms with Crippen LogP contribution in [0.5, 0.6) is 0 Å². The molecule has 102 heavy (non-hydrogen) atoms. The summed E-state index contributed by atoms with van der Waals surface area (Å²) in [6.45, 7) is 25.9. The van der Waals surface area contributed by atoms with Crippen LogP contribution in [0, 0.1) is 91.6 Å². The zero-order valence-electron chi connectivity index (χ0n) is 61.1. The number of ketones is 3. The molecule has 1 aliphatic heterocycles. The number of thiazole rings is 1. The Hall–Kier alpha value is -9.53. The number of aromatic nitrogens is 4. The average molecular weight is 1430 g/mol. The number of halogens is 3. The second-order valence-electron chi connectivity index (χ2n) is 28.6. The first-order valence-corrected chi connectivity index (χ1v) is 34.9. The number of hydrogen-bond acceptors (Lipinski definition) is 14. The van der Waals surface area contributed by atoms with Crippen LogP contribution in [0.3, 0.4) is 0 Å². The summed E-state index contributed by atoms with van der Waals surface area (Å²) in [5.74, 6) is -6.47. The van der Waals surface area contributed by atoms with Crippen LogP contribution < -0.4 is 36.8 Å². The third kappa shape index (κ3) is 17.2. The number of benzene rings is 3. The van der Waals surface area contributed by atoms with Crippen LogP contribution in [0.25, 0.3) is 0 Å². The Bertz CT molecular complexity index is 4280. The lowest BCUT2D eigenvalue weighted by Crippen LogP contribution is -2.55. The number of carbonyl (C=O) groups excluding carboxylic acids is 9. The topological polar surface area (TPSA) is 297 Å². The van der Waals surface area contributed by atoms with Crippen LogP contribution in [-0.4, -0.2) is 124 Å². The maximum atomic E-state index is 13.6. The van der Waals surface area contributed by atoms with Crippen molar-refractivity contribution in [2.45, 2.75) is 177 Å². The van der Waals surface area contributed by atoms with Gasteiger partial charge in [0.1, 0.15) is 17.5 Å². The van der Waals surface area contributed by atoms with Gasteiger partial charge < -0.3 is 60.7 Å². The first-order chi connectivity index (χ1) is 47.7. The van der Waals surface area contributed by atoms with Crippen LogP contribution in [0.15, 0.2) is 66.2 Å². The van der Waals surface area contributed by atoms with E-state index in [1.807, 2.05) is 40.0 Å². The summed E-state index contributed by atoms with van der Waals surface area (Å²) < 4.78 is 45.3. The Morgan fingerprint density at radius 2 is 0.784 bits per heavy atom. The quantitative estimate of drug-likeness (QED) is 0.0330. The monoisotopic (exact) mass is 1430 g/mol. The summed E-state index contributed by atoms with van der Waals surface area (Å²) in [4.78, 5) is 124. The Morgan fingerprint density at radius 1 is 0.480 bits per heavy atom. The predicted octanol–water partition coefficient (Wildman–Crippen LogP) is 11.3. The fraction of sp³-hybridized carbons (Fsp3) is 0.447. The first-order valence-electron chi connectivity index (χ1n) is 34.0. The molecule has 2 saturated carbocycles. The van der Waals surface area contributed by atoms with Crippen molar-refractivity contribution in [1.82, 2.24) is 34.6 Å². The van der Waals surface area contributed by atoms with Crippen molar-refractivity contribution in [3.05, 3.63) is 168 Å². The molecule has 2 unspecified atom stereocenters. The third-order valence-corrected chi connectivity index (χ3v) is 21.6. The second-order valence-corrected chi connectivity index (χ2v) is 29.5. The molecule has 0 bridgehead atoms. The zero-order chi connectivity index (χ0) is 75.5.